The second kappa shape index (κ2) is 12.0. The van der Waals surface area contributed by atoms with E-state index in [9.17, 15) is 14.4 Å². The predicted molar refractivity (Wildman–Crippen MR) is 170 cm³/mol. The van der Waals surface area contributed by atoms with Crippen LogP contribution < -0.4 is 16.3 Å². The fraction of sp³-hybridized carbons (Fsp3) is 0.371. The molecule has 2 aliphatic rings. The number of hydrogen-bond donors (Lipinski definition) is 2. The molecule has 2 saturated carbocycles. The highest BCUT2D eigenvalue weighted by Crippen LogP contribution is 2.37. The van der Waals surface area contributed by atoms with Crippen molar-refractivity contribution >= 4 is 39.5 Å². The van der Waals surface area contributed by atoms with Crippen molar-refractivity contribution in [2.75, 3.05) is 12.4 Å². The number of ether oxygens (including phenoxy) is 1. The summed E-state index contributed by atoms with van der Waals surface area (Å²) in [5, 5.41) is 6.78. The van der Waals surface area contributed by atoms with Gasteiger partial charge in [-0.05, 0) is 67.6 Å². The van der Waals surface area contributed by atoms with E-state index in [1.807, 2.05) is 24.3 Å². The van der Waals surface area contributed by atoms with Gasteiger partial charge in [0.2, 0.25) is 5.91 Å². The number of benzene rings is 2. The summed E-state index contributed by atoms with van der Waals surface area (Å²) in [6.45, 7) is 0.264. The summed E-state index contributed by atoms with van der Waals surface area (Å²) in [7, 11) is 1.56. The third-order valence-corrected chi connectivity index (χ3v) is 9.30. The molecule has 0 spiro atoms. The number of hydrogen-bond acceptors (Lipinski definition) is 7. The minimum Gasteiger partial charge on any atom is -0.472 e. The normalized spacial score (nSPS) is 16.7. The van der Waals surface area contributed by atoms with Gasteiger partial charge in [0.1, 0.15) is 23.2 Å². The Morgan fingerprint density at radius 2 is 1.84 bits per heavy atom. The zero-order valence-electron chi connectivity index (χ0n) is 25.3. The molecule has 0 bridgehead atoms. The maximum absolute atomic E-state index is 13.8. The SMILES string of the molecule is COCc1cc(=O)oc2cc(NC(=O)C3(NC(=O)c4ccc5c(c4)nc(-c4ccoc4)n5C4CCCCC4)CCCC3)ccc12. The summed E-state index contributed by atoms with van der Waals surface area (Å²) in [6.07, 6.45) is 11.8. The average Bonchev–Trinajstić information content (AvgIpc) is 3.82. The number of rotatable bonds is 8. The number of anilines is 1. The molecule has 0 aliphatic heterocycles. The van der Waals surface area contributed by atoms with E-state index in [1.54, 1.807) is 37.8 Å². The van der Waals surface area contributed by atoms with Crippen molar-refractivity contribution in [2.24, 2.45) is 0 Å². The number of aromatic nitrogens is 2. The molecule has 2 aliphatic carbocycles. The first-order valence-electron chi connectivity index (χ1n) is 15.7. The van der Waals surface area contributed by atoms with E-state index in [0.717, 1.165) is 53.5 Å². The van der Waals surface area contributed by atoms with E-state index >= 15 is 0 Å². The van der Waals surface area contributed by atoms with Crippen LogP contribution in [0.25, 0.3) is 33.4 Å². The summed E-state index contributed by atoms with van der Waals surface area (Å²) in [5.41, 5.74) is 3.06. The van der Waals surface area contributed by atoms with Gasteiger partial charge in [-0.1, -0.05) is 32.1 Å². The molecule has 0 radical (unpaired) electrons. The van der Waals surface area contributed by atoms with Gasteiger partial charge in [-0.2, -0.15) is 0 Å². The Balaban J connectivity index is 1.15. The van der Waals surface area contributed by atoms with Crippen LogP contribution in [0.4, 0.5) is 5.69 Å². The lowest BCUT2D eigenvalue weighted by molar-refractivity contribution is -0.122. The van der Waals surface area contributed by atoms with Crippen molar-refractivity contribution in [1.82, 2.24) is 14.9 Å². The van der Waals surface area contributed by atoms with Gasteiger partial charge in [0.05, 0.1) is 29.5 Å². The molecule has 45 heavy (non-hydrogen) atoms. The molecule has 3 heterocycles. The van der Waals surface area contributed by atoms with E-state index in [-0.39, 0.29) is 18.4 Å². The van der Waals surface area contributed by atoms with E-state index < -0.39 is 11.2 Å². The van der Waals surface area contributed by atoms with Crippen molar-refractivity contribution in [3.63, 3.8) is 0 Å². The van der Waals surface area contributed by atoms with Crippen LogP contribution in [0.15, 0.2) is 74.7 Å². The summed E-state index contributed by atoms with van der Waals surface area (Å²) in [6, 6.07) is 14.5. The van der Waals surface area contributed by atoms with E-state index in [1.165, 1.54) is 25.3 Å². The largest absolute Gasteiger partial charge is 0.472 e. The molecular weight excluding hydrogens is 572 g/mol. The van der Waals surface area contributed by atoms with Crippen LogP contribution in [0.2, 0.25) is 0 Å². The molecule has 2 amide bonds. The van der Waals surface area contributed by atoms with Crippen molar-refractivity contribution in [3.8, 4) is 11.4 Å². The number of imidazole rings is 1. The fourth-order valence-corrected chi connectivity index (χ4v) is 7.05. The van der Waals surface area contributed by atoms with Gasteiger partial charge >= 0.3 is 5.63 Å². The number of furan rings is 1. The van der Waals surface area contributed by atoms with Crippen LogP contribution >= 0.6 is 0 Å². The molecule has 10 nitrogen and oxygen atoms in total. The molecule has 10 heteroatoms. The van der Waals surface area contributed by atoms with Crippen LogP contribution in [0.5, 0.6) is 0 Å². The lowest BCUT2D eigenvalue weighted by Crippen LogP contribution is -2.55. The van der Waals surface area contributed by atoms with Crippen LogP contribution in [-0.4, -0.2) is 34.0 Å². The molecule has 0 atom stereocenters. The minimum absolute atomic E-state index is 0.264. The third-order valence-electron chi connectivity index (χ3n) is 9.30. The summed E-state index contributed by atoms with van der Waals surface area (Å²) in [4.78, 5) is 44.6. The van der Waals surface area contributed by atoms with Crippen LogP contribution in [0.3, 0.4) is 0 Å². The number of fused-ring (bicyclic) bond motifs is 2. The van der Waals surface area contributed by atoms with Gasteiger partial charge in [-0.3, -0.25) is 9.59 Å². The Labute approximate surface area is 259 Å². The second-order valence-corrected chi connectivity index (χ2v) is 12.2. The Morgan fingerprint density at radius 3 is 2.60 bits per heavy atom. The number of nitrogens with zero attached hydrogens (tertiary/aromatic N) is 2. The van der Waals surface area contributed by atoms with Crippen molar-refractivity contribution in [1.29, 1.82) is 0 Å². The smallest absolute Gasteiger partial charge is 0.336 e. The van der Waals surface area contributed by atoms with Gasteiger partial charge in [0.25, 0.3) is 5.91 Å². The van der Waals surface area contributed by atoms with Crippen LogP contribution in [0.1, 0.15) is 79.8 Å². The summed E-state index contributed by atoms with van der Waals surface area (Å²) < 4.78 is 18.3. The highest BCUT2D eigenvalue weighted by molar-refractivity contribution is 6.05. The number of methoxy groups -OCH3 is 1. The first-order chi connectivity index (χ1) is 21.9. The van der Waals surface area contributed by atoms with Crippen molar-refractivity contribution in [2.45, 2.75) is 76.0 Å². The molecule has 7 rings (SSSR count). The van der Waals surface area contributed by atoms with Gasteiger partial charge in [-0.25, -0.2) is 9.78 Å². The molecule has 2 fully saturated rings. The molecule has 0 unspecified atom stereocenters. The molecular formula is C35H36N4O6. The Bertz CT molecular complexity index is 1930. The maximum atomic E-state index is 13.8. The van der Waals surface area contributed by atoms with Crippen LogP contribution in [-0.2, 0) is 16.1 Å². The van der Waals surface area contributed by atoms with Gasteiger partial charge in [0, 0.05) is 41.9 Å². The number of nitrogens with one attached hydrogen (secondary N) is 2. The number of amides is 2. The van der Waals surface area contributed by atoms with Gasteiger partial charge in [0.15, 0.2) is 0 Å². The standard InChI is InChI=1S/C35H36N4O6/c1-43-20-24-18-31(40)45-30-19-25(10-11-27(24)30)36-34(42)35(14-5-6-15-35)38-33(41)22-9-12-29-28(17-22)37-32(23-13-16-44-21-23)39(29)26-7-3-2-4-8-26/h9-13,16-19,21,26H,2-8,14-15,20H2,1H3,(H,36,42)(H,38,41). The van der Waals surface area contributed by atoms with E-state index in [4.69, 9.17) is 18.6 Å². The highest BCUT2D eigenvalue weighted by Gasteiger charge is 2.42. The van der Waals surface area contributed by atoms with Crippen LogP contribution in [0, 0.1) is 0 Å². The maximum Gasteiger partial charge on any atom is 0.336 e. The minimum atomic E-state index is -1.07. The second-order valence-electron chi connectivity index (χ2n) is 12.2. The average molecular weight is 609 g/mol. The topological polar surface area (TPSA) is 129 Å². The molecule has 3 aromatic heterocycles. The van der Waals surface area contributed by atoms with Crippen molar-refractivity contribution in [3.05, 3.63) is 82.6 Å². The predicted octanol–water partition coefficient (Wildman–Crippen LogP) is 6.74. The molecule has 5 aromatic rings. The lowest BCUT2D eigenvalue weighted by atomic mass is 9.94. The Kier molecular flexibility index (Phi) is 7.75. The molecule has 232 valence electrons. The molecule has 0 saturated heterocycles. The summed E-state index contributed by atoms with van der Waals surface area (Å²) >= 11 is 0. The fourth-order valence-electron chi connectivity index (χ4n) is 7.05. The Morgan fingerprint density at radius 1 is 1.02 bits per heavy atom. The quantitative estimate of drug-likeness (QED) is 0.187. The number of carbonyl (C=O) groups is 2. The van der Waals surface area contributed by atoms with Gasteiger partial charge in [-0.15, -0.1) is 0 Å². The lowest BCUT2D eigenvalue weighted by Gasteiger charge is -2.29. The third kappa shape index (κ3) is 5.55. The Hall–Kier alpha value is -4.70. The first-order valence-corrected chi connectivity index (χ1v) is 15.7. The first kappa shape index (κ1) is 29.0. The monoisotopic (exact) mass is 608 g/mol. The number of carbonyl (C=O) groups excluding carboxylic acids is 2. The van der Waals surface area contributed by atoms with E-state index in [0.29, 0.717) is 41.3 Å². The summed E-state index contributed by atoms with van der Waals surface area (Å²) in [5.74, 6) is 0.225. The van der Waals surface area contributed by atoms with Gasteiger partial charge < -0.3 is 28.8 Å². The highest BCUT2D eigenvalue weighted by atomic mass is 16.5. The van der Waals surface area contributed by atoms with E-state index in [2.05, 4.69) is 15.2 Å². The zero-order chi connectivity index (χ0) is 31.0. The molecule has 2 N–H and O–H groups in total. The molecule has 2 aromatic carbocycles. The zero-order valence-corrected chi connectivity index (χ0v) is 25.3. The van der Waals surface area contributed by atoms with Crippen molar-refractivity contribution < 1.29 is 23.2 Å².